The van der Waals surface area contributed by atoms with Crippen LogP contribution in [0.3, 0.4) is 0 Å². The molecule has 122 valence electrons. The molecule has 1 aromatic rings. The monoisotopic (exact) mass is 369 g/mol. The van der Waals surface area contributed by atoms with Gasteiger partial charge in [0.25, 0.3) is 0 Å². The minimum atomic E-state index is -0.443. The minimum absolute atomic E-state index is 0.327. The Morgan fingerprint density at radius 1 is 1.45 bits per heavy atom. The fraction of sp³-hybridized carbons (Fsp3) is 0.625. The van der Waals surface area contributed by atoms with Crippen molar-refractivity contribution in [3.05, 3.63) is 22.9 Å². The van der Waals surface area contributed by atoms with E-state index < -0.39 is 5.60 Å². The van der Waals surface area contributed by atoms with Crippen molar-refractivity contribution in [1.29, 1.82) is 0 Å². The molecule has 0 saturated carbocycles. The van der Waals surface area contributed by atoms with Gasteiger partial charge in [-0.2, -0.15) is 0 Å². The van der Waals surface area contributed by atoms with Gasteiger partial charge in [0.1, 0.15) is 5.60 Å². The Hall–Kier alpha value is -1.30. The molecule has 1 saturated heterocycles. The number of halogens is 1. The molecule has 1 fully saturated rings. The van der Waals surface area contributed by atoms with Crippen LogP contribution in [0.5, 0.6) is 0 Å². The third kappa shape index (κ3) is 5.16. The lowest BCUT2D eigenvalue weighted by Gasteiger charge is -2.34. The van der Waals surface area contributed by atoms with E-state index in [4.69, 9.17) is 4.74 Å². The first kappa shape index (κ1) is 17.1. The van der Waals surface area contributed by atoms with Crippen molar-refractivity contribution < 1.29 is 9.53 Å². The van der Waals surface area contributed by atoms with Gasteiger partial charge in [-0.05, 0) is 61.5 Å². The van der Waals surface area contributed by atoms with Crippen LogP contribution in [0, 0.1) is 5.92 Å². The van der Waals surface area contributed by atoms with E-state index in [1.807, 2.05) is 39.2 Å². The highest BCUT2D eigenvalue weighted by molar-refractivity contribution is 9.10. The lowest BCUT2D eigenvalue weighted by atomic mass is 9.96. The summed E-state index contributed by atoms with van der Waals surface area (Å²) in [5, 5.41) is 2.88. The predicted octanol–water partition coefficient (Wildman–Crippen LogP) is 3.59. The van der Waals surface area contributed by atoms with Crippen LogP contribution >= 0.6 is 15.9 Å². The molecule has 1 aliphatic heterocycles. The van der Waals surface area contributed by atoms with E-state index in [2.05, 4.69) is 31.1 Å². The van der Waals surface area contributed by atoms with Crippen LogP contribution in [0.1, 0.15) is 33.6 Å². The number of aromatic nitrogens is 1. The first-order valence-electron chi connectivity index (χ1n) is 7.66. The molecule has 5 nitrogen and oxygen atoms in total. The average Bonchev–Trinajstić information content (AvgIpc) is 2.45. The number of alkyl carbamates (subject to hydrolysis) is 1. The van der Waals surface area contributed by atoms with E-state index in [0.717, 1.165) is 30.4 Å². The van der Waals surface area contributed by atoms with Crippen LogP contribution in [0.4, 0.5) is 10.5 Å². The highest BCUT2D eigenvalue weighted by Crippen LogP contribution is 2.28. The molecule has 1 amide bonds. The standard InChI is InChI=1S/C16H24BrN3O2/c1-16(2,3)22-15(21)19-10-12-5-8-20(9-6-12)14-4-7-18-11-13(14)17/h4,7,11-12H,5-6,8-10H2,1-3H3,(H,19,21). The largest absolute Gasteiger partial charge is 0.444 e. The minimum Gasteiger partial charge on any atom is -0.444 e. The molecule has 1 aliphatic rings. The molecule has 2 rings (SSSR count). The lowest BCUT2D eigenvalue weighted by Crippen LogP contribution is -2.40. The number of nitrogens with zero attached hydrogens (tertiary/aromatic N) is 2. The Balaban J connectivity index is 1.76. The van der Waals surface area contributed by atoms with Crippen LogP contribution in [-0.2, 0) is 4.74 Å². The van der Waals surface area contributed by atoms with Crippen molar-refractivity contribution in [2.45, 2.75) is 39.2 Å². The number of hydrogen-bond donors (Lipinski definition) is 1. The second kappa shape index (κ2) is 7.31. The lowest BCUT2D eigenvalue weighted by molar-refractivity contribution is 0.0517. The van der Waals surface area contributed by atoms with Gasteiger partial charge in [-0.1, -0.05) is 0 Å². The van der Waals surface area contributed by atoms with Crippen LogP contribution in [0.2, 0.25) is 0 Å². The van der Waals surface area contributed by atoms with Gasteiger partial charge in [-0.25, -0.2) is 4.79 Å². The number of ether oxygens (including phenoxy) is 1. The fourth-order valence-corrected chi connectivity index (χ4v) is 3.05. The molecule has 0 spiro atoms. The summed E-state index contributed by atoms with van der Waals surface area (Å²) >= 11 is 3.55. The Labute approximate surface area is 140 Å². The van der Waals surface area contributed by atoms with Crippen molar-refractivity contribution in [1.82, 2.24) is 10.3 Å². The third-order valence-electron chi connectivity index (χ3n) is 3.64. The highest BCUT2D eigenvalue weighted by atomic mass is 79.9. The van der Waals surface area contributed by atoms with Gasteiger partial charge in [0, 0.05) is 32.0 Å². The molecule has 0 unspecified atom stereocenters. The molecule has 1 N–H and O–H groups in total. The maximum Gasteiger partial charge on any atom is 0.407 e. The van der Waals surface area contributed by atoms with Gasteiger partial charge < -0.3 is 15.0 Å². The number of pyridine rings is 1. The summed E-state index contributed by atoms with van der Waals surface area (Å²) in [5.41, 5.74) is 0.745. The summed E-state index contributed by atoms with van der Waals surface area (Å²) in [7, 11) is 0. The Morgan fingerprint density at radius 3 is 2.73 bits per heavy atom. The molecular formula is C16H24BrN3O2. The van der Waals surface area contributed by atoms with E-state index in [9.17, 15) is 4.79 Å². The van der Waals surface area contributed by atoms with Gasteiger partial charge in [0.15, 0.2) is 0 Å². The van der Waals surface area contributed by atoms with Crippen LogP contribution < -0.4 is 10.2 Å². The molecule has 1 aromatic heterocycles. The predicted molar refractivity (Wildman–Crippen MR) is 91.1 cm³/mol. The maximum atomic E-state index is 11.7. The van der Waals surface area contributed by atoms with Gasteiger partial charge in [0.2, 0.25) is 0 Å². The van der Waals surface area contributed by atoms with Crippen LogP contribution in [-0.4, -0.2) is 36.3 Å². The summed E-state index contributed by atoms with van der Waals surface area (Å²) in [4.78, 5) is 18.1. The molecule has 0 atom stereocenters. The van der Waals surface area contributed by atoms with Crippen molar-refractivity contribution in [2.75, 3.05) is 24.5 Å². The summed E-state index contributed by atoms with van der Waals surface area (Å²) in [5.74, 6) is 0.504. The van der Waals surface area contributed by atoms with Crippen molar-refractivity contribution in [3.63, 3.8) is 0 Å². The molecule has 0 aromatic carbocycles. The SMILES string of the molecule is CC(C)(C)OC(=O)NCC1CCN(c2ccncc2Br)CC1. The van der Waals surface area contributed by atoms with Gasteiger partial charge in [0.05, 0.1) is 10.2 Å². The number of hydrogen-bond acceptors (Lipinski definition) is 4. The van der Waals surface area contributed by atoms with E-state index in [1.54, 1.807) is 0 Å². The van der Waals surface area contributed by atoms with Crippen molar-refractivity contribution in [2.24, 2.45) is 5.92 Å². The normalized spacial score (nSPS) is 16.5. The quantitative estimate of drug-likeness (QED) is 0.884. The maximum absolute atomic E-state index is 11.7. The van der Waals surface area contributed by atoms with E-state index in [1.165, 1.54) is 5.69 Å². The van der Waals surface area contributed by atoms with E-state index in [0.29, 0.717) is 12.5 Å². The Kier molecular flexibility index (Phi) is 5.67. The van der Waals surface area contributed by atoms with Crippen molar-refractivity contribution >= 4 is 27.7 Å². The number of carbonyl (C=O) groups is 1. The average molecular weight is 370 g/mol. The zero-order valence-electron chi connectivity index (χ0n) is 13.4. The zero-order valence-corrected chi connectivity index (χ0v) is 15.0. The van der Waals surface area contributed by atoms with E-state index >= 15 is 0 Å². The first-order valence-corrected chi connectivity index (χ1v) is 8.46. The number of carbonyl (C=O) groups excluding carboxylic acids is 1. The number of anilines is 1. The summed E-state index contributed by atoms with van der Waals surface area (Å²) < 4.78 is 6.29. The topological polar surface area (TPSA) is 54.5 Å². The molecule has 0 aliphatic carbocycles. The van der Waals surface area contributed by atoms with Crippen molar-refractivity contribution in [3.8, 4) is 0 Å². The zero-order chi connectivity index (χ0) is 16.2. The number of nitrogens with one attached hydrogen (secondary N) is 1. The number of rotatable bonds is 3. The molecule has 0 bridgehead atoms. The number of piperidine rings is 1. The van der Waals surface area contributed by atoms with Gasteiger partial charge in [-0.3, -0.25) is 4.98 Å². The molecule has 22 heavy (non-hydrogen) atoms. The van der Waals surface area contributed by atoms with Crippen LogP contribution in [0.25, 0.3) is 0 Å². The van der Waals surface area contributed by atoms with Gasteiger partial charge >= 0.3 is 6.09 Å². The Morgan fingerprint density at radius 2 is 2.14 bits per heavy atom. The molecular weight excluding hydrogens is 346 g/mol. The summed E-state index contributed by atoms with van der Waals surface area (Å²) in [6.07, 6.45) is 5.43. The van der Waals surface area contributed by atoms with Gasteiger partial charge in [-0.15, -0.1) is 0 Å². The first-order chi connectivity index (χ1) is 10.3. The third-order valence-corrected chi connectivity index (χ3v) is 4.25. The smallest absolute Gasteiger partial charge is 0.407 e. The van der Waals surface area contributed by atoms with E-state index in [-0.39, 0.29) is 6.09 Å². The second-order valence-corrected chi connectivity index (χ2v) is 7.49. The second-order valence-electron chi connectivity index (χ2n) is 6.64. The highest BCUT2D eigenvalue weighted by Gasteiger charge is 2.22. The summed E-state index contributed by atoms with van der Waals surface area (Å²) in [6, 6.07) is 2.03. The molecule has 0 radical (unpaired) electrons. The molecule has 2 heterocycles. The summed E-state index contributed by atoms with van der Waals surface area (Å²) in [6.45, 7) is 8.28. The van der Waals surface area contributed by atoms with Crippen LogP contribution in [0.15, 0.2) is 22.9 Å². The number of amides is 1. The Bertz CT molecular complexity index is 508. The molecule has 6 heteroatoms. The fourth-order valence-electron chi connectivity index (χ4n) is 2.54.